The van der Waals surface area contributed by atoms with Gasteiger partial charge in [0.1, 0.15) is 5.75 Å². The van der Waals surface area contributed by atoms with Gasteiger partial charge < -0.3 is 9.47 Å². The van der Waals surface area contributed by atoms with Crippen LogP contribution < -0.4 is 4.74 Å². The Kier molecular flexibility index (Phi) is 12.9. The van der Waals surface area contributed by atoms with Crippen molar-refractivity contribution in [3.05, 3.63) is 30.3 Å². The van der Waals surface area contributed by atoms with Crippen LogP contribution in [0.3, 0.4) is 0 Å². The fourth-order valence-electron chi connectivity index (χ4n) is 2.93. The summed E-state index contributed by atoms with van der Waals surface area (Å²) in [5, 5.41) is 0. The molecule has 26 heavy (non-hydrogen) atoms. The quantitative estimate of drug-likeness (QED) is 0.201. The average molecular weight is 363 g/mol. The van der Waals surface area contributed by atoms with Gasteiger partial charge in [-0.05, 0) is 30.9 Å². The molecule has 0 radical (unpaired) electrons. The molecule has 3 heteroatoms. The lowest BCUT2D eigenvalue weighted by Crippen LogP contribution is -2.29. The highest BCUT2D eigenvalue weighted by molar-refractivity contribution is 5.77. The molecule has 0 bridgehead atoms. The fourth-order valence-corrected chi connectivity index (χ4v) is 2.93. The topological polar surface area (TPSA) is 35.5 Å². The maximum absolute atomic E-state index is 12.5. The van der Waals surface area contributed by atoms with Crippen molar-refractivity contribution in [3.63, 3.8) is 0 Å². The number of unbranched alkanes of at least 4 members (excludes halogenated alkanes) is 6. The van der Waals surface area contributed by atoms with Crippen molar-refractivity contribution < 1.29 is 14.3 Å². The Hall–Kier alpha value is -1.35. The third-order valence-corrected chi connectivity index (χ3v) is 4.54. The van der Waals surface area contributed by atoms with Crippen molar-refractivity contribution in [2.75, 3.05) is 6.61 Å². The predicted molar refractivity (Wildman–Crippen MR) is 108 cm³/mol. The van der Waals surface area contributed by atoms with Gasteiger partial charge in [0.25, 0.3) is 0 Å². The van der Waals surface area contributed by atoms with Crippen LogP contribution in [0.4, 0.5) is 0 Å². The number of hydrogen-bond acceptors (Lipinski definition) is 3. The van der Waals surface area contributed by atoms with Crippen molar-refractivity contribution in [1.82, 2.24) is 0 Å². The molecule has 0 fully saturated rings. The number of hydrogen-bond donors (Lipinski definition) is 0. The van der Waals surface area contributed by atoms with Gasteiger partial charge in [-0.1, -0.05) is 90.3 Å². The number of para-hydroxylation sites is 1. The standard InChI is InChI=1S/C23H38O3/c1-4-5-6-14-19-25-22(18-13-8-7-10-15-20(2)3)23(24)26-21-16-11-9-12-17-21/h9,11-12,16-17,20,22H,4-8,10,13-15,18-19H2,1-3H3. The van der Waals surface area contributed by atoms with Gasteiger partial charge in [-0.3, -0.25) is 0 Å². The van der Waals surface area contributed by atoms with Gasteiger partial charge in [0.15, 0.2) is 6.10 Å². The van der Waals surface area contributed by atoms with E-state index in [0.29, 0.717) is 12.4 Å². The molecule has 1 aromatic rings. The summed E-state index contributed by atoms with van der Waals surface area (Å²) in [6.07, 6.45) is 10.9. The Morgan fingerprint density at radius 2 is 1.54 bits per heavy atom. The first-order valence-electron chi connectivity index (χ1n) is 10.5. The van der Waals surface area contributed by atoms with Gasteiger partial charge in [-0.15, -0.1) is 0 Å². The Bertz CT molecular complexity index is 456. The third kappa shape index (κ3) is 11.3. The van der Waals surface area contributed by atoms with Crippen LogP contribution in [0.2, 0.25) is 0 Å². The summed E-state index contributed by atoms with van der Waals surface area (Å²) < 4.78 is 11.4. The second-order valence-electron chi connectivity index (χ2n) is 7.54. The monoisotopic (exact) mass is 362 g/mol. The molecule has 0 saturated carbocycles. The minimum absolute atomic E-state index is 0.256. The minimum atomic E-state index is -0.443. The van der Waals surface area contributed by atoms with Gasteiger partial charge in [0, 0.05) is 6.61 Å². The van der Waals surface area contributed by atoms with E-state index in [1.807, 2.05) is 30.3 Å². The lowest BCUT2D eigenvalue weighted by Gasteiger charge is -2.17. The molecule has 0 aromatic heterocycles. The average Bonchev–Trinajstić information content (AvgIpc) is 2.63. The summed E-state index contributed by atoms with van der Waals surface area (Å²) in [6, 6.07) is 9.27. The molecule has 0 aliphatic rings. The highest BCUT2D eigenvalue weighted by Crippen LogP contribution is 2.16. The first-order chi connectivity index (χ1) is 12.6. The van der Waals surface area contributed by atoms with E-state index in [0.717, 1.165) is 38.0 Å². The molecule has 148 valence electrons. The van der Waals surface area contributed by atoms with Gasteiger partial charge in [-0.25, -0.2) is 4.79 Å². The van der Waals surface area contributed by atoms with E-state index in [-0.39, 0.29) is 5.97 Å². The van der Waals surface area contributed by atoms with Crippen LogP contribution in [-0.2, 0) is 9.53 Å². The smallest absolute Gasteiger partial charge is 0.340 e. The molecule has 0 aliphatic heterocycles. The molecular formula is C23H38O3. The molecule has 0 aliphatic carbocycles. The number of rotatable bonds is 15. The summed E-state index contributed by atoms with van der Waals surface area (Å²) in [4.78, 5) is 12.5. The van der Waals surface area contributed by atoms with E-state index >= 15 is 0 Å². The van der Waals surface area contributed by atoms with Gasteiger partial charge in [0.05, 0.1) is 0 Å². The normalized spacial score (nSPS) is 12.3. The van der Waals surface area contributed by atoms with Crippen LogP contribution in [-0.4, -0.2) is 18.7 Å². The Balaban J connectivity index is 2.37. The number of carbonyl (C=O) groups excluding carboxylic acids is 1. The first-order valence-corrected chi connectivity index (χ1v) is 10.5. The van der Waals surface area contributed by atoms with Crippen LogP contribution in [0.15, 0.2) is 30.3 Å². The van der Waals surface area contributed by atoms with Crippen molar-refractivity contribution in [2.45, 2.75) is 91.1 Å². The van der Waals surface area contributed by atoms with Gasteiger partial charge in [0.2, 0.25) is 0 Å². The Labute approximate surface area is 160 Å². The van der Waals surface area contributed by atoms with Crippen molar-refractivity contribution >= 4 is 5.97 Å². The van der Waals surface area contributed by atoms with E-state index in [9.17, 15) is 4.79 Å². The highest BCUT2D eigenvalue weighted by Gasteiger charge is 2.21. The minimum Gasteiger partial charge on any atom is -0.425 e. The van der Waals surface area contributed by atoms with Crippen LogP contribution in [0, 0.1) is 5.92 Å². The molecule has 0 saturated heterocycles. The van der Waals surface area contributed by atoms with E-state index in [1.54, 1.807) is 0 Å². The number of ether oxygens (including phenoxy) is 2. The number of benzene rings is 1. The largest absolute Gasteiger partial charge is 0.425 e. The second-order valence-corrected chi connectivity index (χ2v) is 7.54. The lowest BCUT2D eigenvalue weighted by molar-refractivity contribution is -0.148. The maximum atomic E-state index is 12.5. The predicted octanol–water partition coefficient (Wildman–Crippen LogP) is 6.55. The lowest BCUT2D eigenvalue weighted by atomic mass is 10.0. The molecular weight excluding hydrogens is 324 g/mol. The number of esters is 1. The van der Waals surface area contributed by atoms with Gasteiger partial charge in [-0.2, -0.15) is 0 Å². The summed E-state index contributed by atoms with van der Waals surface area (Å²) in [6.45, 7) is 7.37. The summed E-state index contributed by atoms with van der Waals surface area (Å²) in [7, 11) is 0. The van der Waals surface area contributed by atoms with Crippen LogP contribution in [0.1, 0.15) is 85.0 Å². The van der Waals surface area contributed by atoms with Crippen LogP contribution in [0.5, 0.6) is 5.75 Å². The molecule has 1 unspecified atom stereocenters. The molecule has 1 atom stereocenters. The molecule has 0 N–H and O–H groups in total. The highest BCUT2D eigenvalue weighted by atomic mass is 16.6. The molecule has 0 heterocycles. The number of carbonyl (C=O) groups is 1. The van der Waals surface area contributed by atoms with Gasteiger partial charge >= 0.3 is 5.97 Å². The van der Waals surface area contributed by atoms with E-state index in [4.69, 9.17) is 9.47 Å². The zero-order chi connectivity index (χ0) is 19.0. The maximum Gasteiger partial charge on any atom is 0.340 e. The van der Waals surface area contributed by atoms with Crippen LogP contribution in [0.25, 0.3) is 0 Å². The fraction of sp³-hybridized carbons (Fsp3) is 0.696. The van der Waals surface area contributed by atoms with E-state index in [2.05, 4.69) is 20.8 Å². The summed E-state index contributed by atoms with van der Waals surface area (Å²) in [5.74, 6) is 1.11. The third-order valence-electron chi connectivity index (χ3n) is 4.54. The van der Waals surface area contributed by atoms with E-state index < -0.39 is 6.10 Å². The van der Waals surface area contributed by atoms with Crippen molar-refractivity contribution in [1.29, 1.82) is 0 Å². The second kappa shape index (κ2) is 14.8. The summed E-state index contributed by atoms with van der Waals surface area (Å²) >= 11 is 0. The van der Waals surface area contributed by atoms with Crippen molar-refractivity contribution in [2.24, 2.45) is 5.92 Å². The van der Waals surface area contributed by atoms with Crippen molar-refractivity contribution in [3.8, 4) is 5.75 Å². The molecule has 0 spiro atoms. The zero-order valence-corrected chi connectivity index (χ0v) is 17.0. The Morgan fingerprint density at radius 1 is 0.885 bits per heavy atom. The summed E-state index contributed by atoms with van der Waals surface area (Å²) in [5.41, 5.74) is 0. The SMILES string of the molecule is CCCCCCOC(CCCCCCC(C)C)C(=O)Oc1ccccc1. The molecule has 3 nitrogen and oxygen atoms in total. The zero-order valence-electron chi connectivity index (χ0n) is 17.0. The van der Waals surface area contributed by atoms with E-state index in [1.165, 1.54) is 32.1 Å². The molecule has 1 aromatic carbocycles. The van der Waals surface area contributed by atoms with Crippen LogP contribution >= 0.6 is 0 Å². The molecule has 0 amide bonds. The molecule has 1 rings (SSSR count). The Morgan fingerprint density at radius 3 is 2.19 bits per heavy atom. The first kappa shape index (κ1) is 22.7.